The molecule has 3 aromatic carbocycles. The SMILES string of the molecule is O=[N+]([O-])c1ccc2c(c1)[C@H]1c3ccccc3C[C@@H]1[C@@H](c1ccccc1C(F)(F)F)N2. The molecule has 0 unspecified atom stereocenters. The Balaban J connectivity index is 1.70. The number of benzene rings is 3. The zero-order chi connectivity index (χ0) is 21.0. The lowest BCUT2D eigenvalue weighted by atomic mass is 9.74. The molecule has 1 N–H and O–H groups in total. The number of halogens is 3. The predicted molar refractivity (Wildman–Crippen MR) is 106 cm³/mol. The molecule has 0 bridgehead atoms. The number of nitrogens with zero attached hydrogens (tertiary/aromatic N) is 1. The van der Waals surface area contributed by atoms with E-state index in [0.717, 1.165) is 22.8 Å². The summed E-state index contributed by atoms with van der Waals surface area (Å²) in [4.78, 5) is 10.9. The van der Waals surface area contributed by atoms with Crippen LogP contribution in [-0.2, 0) is 12.6 Å². The van der Waals surface area contributed by atoms with Crippen LogP contribution in [0.5, 0.6) is 0 Å². The van der Waals surface area contributed by atoms with Crippen LogP contribution >= 0.6 is 0 Å². The Morgan fingerprint density at radius 3 is 2.37 bits per heavy atom. The van der Waals surface area contributed by atoms with E-state index in [9.17, 15) is 23.3 Å². The van der Waals surface area contributed by atoms with Gasteiger partial charge >= 0.3 is 6.18 Å². The first-order valence-corrected chi connectivity index (χ1v) is 9.63. The van der Waals surface area contributed by atoms with Gasteiger partial charge in [0.1, 0.15) is 0 Å². The molecule has 3 atom stereocenters. The lowest BCUT2D eigenvalue weighted by Gasteiger charge is -2.38. The van der Waals surface area contributed by atoms with Crippen molar-refractivity contribution in [2.75, 3.05) is 5.32 Å². The van der Waals surface area contributed by atoms with Crippen molar-refractivity contribution in [3.63, 3.8) is 0 Å². The second-order valence-corrected chi connectivity index (χ2v) is 7.78. The number of anilines is 1. The van der Waals surface area contributed by atoms with E-state index in [1.54, 1.807) is 18.2 Å². The topological polar surface area (TPSA) is 55.2 Å². The second kappa shape index (κ2) is 6.58. The quantitative estimate of drug-likeness (QED) is 0.411. The Hall–Kier alpha value is -3.35. The van der Waals surface area contributed by atoms with Crippen molar-refractivity contribution in [2.24, 2.45) is 5.92 Å². The lowest BCUT2D eigenvalue weighted by Crippen LogP contribution is -2.32. The van der Waals surface area contributed by atoms with Gasteiger partial charge < -0.3 is 5.32 Å². The molecule has 0 fully saturated rings. The van der Waals surface area contributed by atoms with Crippen LogP contribution in [0.1, 0.15) is 39.8 Å². The molecule has 3 aromatic rings. The Morgan fingerprint density at radius 1 is 0.933 bits per heavy atom. The Bertz CT molecular complexity index is 1160. The summed E-state index contributed by atoms with van der Waals surface area (Å²) in [5.74, 6) is -0.385. The Labute approximate surface area is 170 Å². The predicted octanol–water partition coefficient (Wildman–Crippen LogP) is 6.08. The highest BCUT2D eigenvalue weighted by atomic mass is 19.4. The molecule has 7 heteroatoms. The molecular weight excluding hydrogens is 393 g/mol. The normalized spacial score (nSPS) is 21.9. The zero-order valence-electron chi connectivity index (χ0n) is 15.7. The summed E-state index contributed by atoms with van der Waals surface area (Å²) in [7, 11) is 0. The summed E-state index contributed by atoms with van der Waals surface area (Å²) >= 11 is 0. The van der Waals surface area contributed by atoms with E-state index >= 15 is 0 Å². The zero-order valence-corrected chi connectivity index (χ0v) is 15.7. The highest BCUT2D eigenvalue weighted by Gasteiger charge is 2.46. The number of nitro benzene ring substituents is 1. The van der Waals surface area contributed by atoms with Gasteiger partial charge in [0, 0.05) is 23.7 Å². The number of hydrogen-bond donors (Lipinski definition) is 1. The van der Waals surface area contributed by atoms with Crippen LogP contribution in [0, 0.1) is 16.0 Å². The van der Waals surface area contributed by atoms with Crippen molar-refractivity contribution in [3.8, 4) is 0 Å². The molecule has 1 heterocycles. The van der Waals surface area contributed by atoms with E-state index in [-0.39, 0.29) is 23.1 Å². The van der Waals surface area contributed by atoms with E-state index in [2.05, 4.69) is 5.32 Å². The molecule has 30 heavy (non-hydrogen) atoms. The number of nitrogens with one attached hydrogen (secondary N) is 1. The summed E-state index contributed by atoms with van der Waals surface area (Å²) < 4.78 is 41.2. The van der Waals surface area contributed by atoms with Crippen molar-refractivity contribution in [1.29, 1.82) is 0 Å². The first kappa shape index (κ1) is 18.7. The van der Waals surface area contributed by atoms with Crippen LogP contribution in [0.3, 0.4) is 0 Å². The van der Waals surface area contributed by atoms with Crippen LogP contribution in [-0.4, -0.2) is 4.92 Å². The van der Waals surface area contributed by atoms with Gasteiger partial charge in [-0.2, -0.15) is 13.2 Å². The number of fused-ring (bicyclic) bond motifs is 5. The van der Waals surface area contributed by atoms with Crippen LogP contribution in [0.2, 0.25) is 0 Å². The molecule has 0 saturated carbocycles. The van der Waals surface area contributed by atoms with Gasteiger partial charge in [-0.15, -0.1) is 0 Å². The molecule has 0 spiro atoms. The molecule has 1 aliphatic carbocycles. The molecule has 1 aliphatic heterocycles. The maximum Gasteiger partial charge on any atom is 0.416 e. The number of alkyl halides is 3. The monoisotopic (exact) mass is 410 g/mol. The van der Waals surface area contributed by atoms with Gasteiger partial charge in [-0.25, -0.2) is 0 Å². The molecule has 0 radical (unpaired) electrons. The first-order chi connectivity index (χ1) is 14.3. The van der Waals surface area contributed by atoms with Gasteiger partial charge in [0.25, 0.3) is 5.69 Å². The highest BCUT2D eigenvalue weighted by molar-refractivity contribution is 5.65. The third kappa shape index (κ3) is 2.84. The van der Waals surface area contributed by atoms with Gasteiger partial charge in [0.05, 0.1) is 16.5 Å². The van der Waals surface area contributed by atoms with E-state index < -0.39 is 22.7 Å². The third-order valence-electron chi connectivity index (χ3n) is 6.20. The van der Waals surface area contributed by atoms with Crippen molar-refractivity contribution >= 4 is 11.4 Å². The molecule has 0 saturated heterocycles. The summed E-state index contributed by atoms with van der Waals surface area (Å²) in [6, 6.07) is 17.4. The lowest BCUT2D eigenvalue weighted by molar-refractivity contribution is -0.384. The van der Waals surface area contributed by atoms with Gasteiger partial charge in [-0.05, 0) is 46.7 Å². The fourth-order valence-corrected chi connectivity index (χ4v) is 5.00. The van der Waals surface area contributed by atoms with Crippen molar-refractivity contribution in [3.05, 3.63) is 105 Å². The van der Waals surface area contributed by atoms with Gasteiger partial charge in [-0.1, -0.05) is 42.5 Å². The largest absolute Gasteiger partial charge is 0.416 e. The highest BCUT2D eigenvalue weighted by Crippen LogP contribution is 2.55. The Kier molecular flexibility index (Phi) is 4.10. The third-order valence-corrected chi connectivity index (χ3v) is 6.20. The van der Waals surface area contributed by atoms with Crippen molar-refractivity contribution in [2.45, 2.75) is 24.6 Å². The number of rotatable bonds is 2. The average molecular weight is 410 g/mol. The smallest absolute Gasteiger partial charge is 0.378 e. The fourth-order valence-electron chi connectivity index (χ4n) is 5.00. The Morgan fingerprint density at radius 2 is 1.63 bits per heavy atom. The minimum absolute atomic E-state index is 0.0205. The maximum absolute atomic E-state index is 13.7. The fraction of sp³-hybridized carbons (Fsp3) is 0.217. The van der Waals surface area contributed by atoms with Gasteiger partial charge in [-0.3, -0.25) is 10.1 Å². The maximum atomic E-state index is 13.7. The van der Waals surface area contributed by atoms with E-state index in [4.69, 9.17) is 0 Å². The van der Waals surface area contributed by atoms with E-state index in [1.807, 2.05) is 24.3 Å². The van der Waals surface area contributed by atoms with E-state index in [1.165, 1.54) is 18.2 Å². The molecule has 4 nitrogen and oxygen atoms in total. The molecule has 152 valence electrons. The molecule has 2 aliphatic rings. The average Bonchev–Trinajstić information content (AvgIpc) is 3.12. The van der Waals surface area contributed by atoms with Crippen LogP contribution in [0.4, 0.5) is 24.5 Å². The van der Waals surface area contributed by atoms with Crippen LogP contribution in [0.25, 0.3) is 0 Å². The minimum Gasteiger partial charge on any atom is -0.378 e. The van der Waals surface area contributed by atoms with Gasteiger partial charge in [0.15, 0.2) is 0 Å². The van der Waals surface area contributed by atoms with Crippen molar-refractivity contribution < 1.29 is 18.1 Å². The van der Waals surface area contributed by atoms with Crippen molar-refractivity contribution in [1.82, 2.24) is 0 Å². The number of non-ortho nitro benzene ring substituents is 1. The number of hydrogen-bond acceptors (Lipinski definition) is 3. The van der Waals surface area contributed by atoms with Gasteiger partial charge in [0.2, 0.25) is 0 Å². The number of nitro groups is 1. The second-order valence-electron chi connectivity index (χ2n) is 7.78. The first-order valence-electron chi connectivity index (χ1n) is 9.63. The molecule has 5 rings (SSSR count). The summed E-state index contributed by atoms with van der Waals surface area (Å²) in [6.07, 6.45) is -3.86. The molecular formula is C23H17F3N2O2. The summed E-state index contributed by atoms with van der Waals surface area (Å²) in [5, 5.41) is 14.6. The summed E-state index contributed by atoms with van der Waals surface area (Å²) in [6.45, 7) is 0. The summed E-state index contributed by atoms with van der Waals surface area (Å²) in [5.41, 5.74) is 3.04. The standard InChI is InChI=1S/C23H17F3N2O2/c24-23(25,26)19-8-4-3-7-16(19)22-18-11-13-5-1-2-6-15(13)21(18)17-12-14(28(29)30)9-10-20(17)27-22/h1-10,12,18,21-22,27H,11H2/t18-,21+,22+/m0/s1. The molecule has 0 aromatic heterocycles. The van der Waals surface area contributed by atoms with Crippen LogP contribution in [0.15, 0.2) is 66.7 Å². The molecule has 0 amide bonds. The van der Waals surface area contributed by atoms with E-state index in [0.29, 0.717) is 12.1 Å². The minimum atomic E-state index is -4.46. The van der Waals surface area contributed by atoms with Crippen LogP contribution < -0.4 is 5.32 Å².